The van der Waals surface area contributed by atoms with E-state index in [2.05, 4.69) is 4.98 Å². The van der Waals surface area contributed by atoms with Crippen LogP contribution in [0.4, 0.5) is 4.79 Å². The molecule has 0 saturated carbocycles. The summed E-state index contributed by atoms with van der Waals surface area (Å²) in [5, 5.41) is 0.664. The first kappa shape index (κ1) is 14.4. The van der Waals surface area contributed by atoms with E-state index in [1.54, 1.807) is 17.0 Å². The number of carbonyl (C=O) groups is 1. The molecule has 1 atom stereocenters. The minimum atomic E-state index is -0.495. The second-order valence-corrected chi connectivity index (χ2v) is 6.30. The molecule has 0 spiro atoms. The second-order valence-electron chi connectivity index (χ2n) is 5.52. The molecule has 1 aromatic rings. The fourth-order valence-electron chi connectivity index (χ4n) is 1.95. The first-order valence-electron chi connectivity index (χ1n) is 6.09. The maximum absolute atomic E-state index is 12.0. The van der Waals surface area contributed by atoms with E-state index in [0.29, 0.717) is 16.9 Å². The fraction of sp³-hybridized carbons (Fsp3) is 0.538. The average molecular weight is 303 g/mol. The van der Waals surface area contributed by atoms with Gasteiger partial charge in [0.05, 0.1) is 6.04 Å². The highest BCUT2D eigenvalue weighted by atomic mass is 35.5. The molecule has 0 radical (unpaired) electrons. The number of aromatic nitrogens is 1. The van der Waals surface area contributed by atoms with Gasteiger partial charge in [0.15, 0.2) is 0 Å². The summed E-state index contributed by atoms with van der Waals surface area (Å²) in [6.07, 6.45) is 0.559. The molecule has 0 bridgehead atoms. The smallest absolute Gasteiger partial charge is 0.410 e. The molecular weight excluding hydrogens is 287 g/mol. The lowest BCUT2D eigenvalue weighted by atomic mass is 9.96. The van der Waals surface area contributed by atoms with Crippen molar-refractivity contribution in [1.29, 1.82) is 0 Å². The van der Waals surface area contributed by atoms with Gasteiger partial charge in [0.25, 0.3) is 0 Å². The molecule has 1 fully saturated rings. The van der Waals surface area contributed by atoms with E-state index in [1.165, 1.54) is 0 Å². The standard InChI is InChI=1S/C13H16Cl2N2O2/c1-13(2,3)19-12(18)17-5-4-9(17)8-6-10(14)16-11(15)7-8/h6-7,9H,4-5H2,1-3H3. The Morgan fingerprint density at radius 2 is 1.95 bits per heavy atom. The minimum absolute atomic E-state index is 0.0344. The van der Waals surface area contributed by atoms with Crippen LogP contribution >= 0.6 is 23.2 Å². The molecule has 6 heteroatoms. The molecule has 2 rings (SSSR count). The molecule has 19 heavy (non-hydrogen) atoms. The molecule has 1 aromatic heterocycles. The predicted octanol–water partition coefficient (Wildman–Crippen LogP) is 4.07. The second kappa shape index (κ2) is 5.17. The number of halogens is 2. The summed E-state index contributed by atoms with van der Waals surface area (Å²) in [5.41, 5.74) is 0.396. The Labute approximate surface area is 122 Å². The lowest BCUT2D eigenvalue weighted by Crippen LogP contribution is -2.47. The van der Waals surface area contributed by atoms with Gasteiger partial charge in [-0.25, -0.2) is 9.78 Å². The highest BCUT2D eigenvalue weighted by Crippen LogP contribution is 2.36. The third-order valence-corrected chi connectivity index (χ3v) is 3.20. The van der Waals surface area contributed by atoms with Crippen LogP contribution in [0.3, 0.4) is 0 Å². The van der Waals surface area contributed by atoms with Gasteiger partial charge < -0.3 is 9.64 Å². The molecule has 1 unspecified atom stereocenters. The Bertz CT molecular complexity index is 480. The summed E-state index contributed by atoms with van der Waals surface area (Å²) in [6.45, 7) is 6.22. The van der Waals surface area contributed by atoms with E-state index in [9.17, 15) is 4.79 Å². The van der Waals surface area contributed by atoms with Crippen molar-refractivity contribution in [2.24, 2.45) is 0 Å². The molecule has 1 aliphatic rings. The number of amides is 1. The Hall–Kier alpha value is -1.00. The van der Waals surface area contributed by atoms with Crippen LogP contribution in [-0.2, 0) is 4.74 Å². The normalized spacial score (nSPS) is 19.0. The molecule has 1 aliphatic heterocycles. The molecule has 104 valence electrons. The maximum atomic E-state index is 12.0. The van der Waals surface area contributed by atoms with Crippen molar-refractivity contribution in [3.05, 3.63) is 28.0 Å². The number of carbonyl (C=O) groups excluding carboxylic acids is 1. The van der Waals surface area contributed by atoms with Crippen molar-refractivity contribution in [1.82, 2.24) is 9.88 Å². The number of hydrogen-bond acceptors (Lipinski definition) is 3. The van der Waals surface area contributed by atoms with Crippen LogP contribution in [0.15, 0.2) is 12.1 Å². The van der Waals surface area contributed by atoms with E-state index >= 15 is 0 Å². The van der Waals surface area contributed by atoms with Gasteiger partial charge in [0.1, 0.15) is 15.9 Å². The van der Waals surface area contributed by atoms with Crippen LogP contribution in [-0.4, -0.2) is 28.1 Å². The van der Waals surface area contributed by atoms with Gasteiger partial charge in [-0.3, -0.25) is 0 Å². The van der Waals surface area contributed by atoms with Gasteiger partial charge in [-0.1, -0.05) is 23.2 Å². The van der Waals surface area contributed by atoms with Crippen molar-refractivity contribution < 1.29 is 9.53 Å². The topological polar surface area (TPSA) is 42.4 Å². The van der Waals surface area contributed by atoms with Crippen molar-refractivity contribution in [3.8, 4) is 0 Å². The van der Waals surface area contributed by atoms with E-state index in [1.807, 2.05) is 20.8 Å². The highest BCUT2D eigenvalue weighted by Gasteiger charge is 2.36. The maximum Gasteiger partial charge on any atom is 0.410 e. The van der Waals surface area contributed by atoms with Crippen molar-refractivity contribution in [3.63, 3.8) is 0 Å². The fourth-order valence-corrected chi connectivity index (χ4v) is 2.43. The van der Waals surface area contributed by atoms with Crippen LogP contribution in [0.2, 0.25) is 10.3 Å². The van der Waals surface area contributed by atoms with Gasteiger partial charge in [-0.15, -0.1) is 0 Å². The zero-order chi connectivity index (χ0) is 14.2. The number of pyridine rings is 1. The first-order valence-corrected chi connectivity index (χ1v) is 6.84. The SMILES string of the molecule is CC(C)(C)OC(=O)N1CCC1c1cc(Cl)nc(Cl)c1. The van der Waals surface area contributed by atoms with Gasteiger partial charge in [-0.05, 0) is 44.9 Å². The van der Waals surface area contributed by atoms with E-state index in [0.717, 1.165) is 12.0 Å². The van der Waals surface area contributed by atoms with Gasteiger partial charge in [0, 0.05) is 6.54 Å². The van der Waals surface area contributed by atoms with Crippen molar-refractivity contribution in [2.45, 2.75) is 38.8 Å². The number of ether oxygens (including phenoxy) is 1. The first-order chi connectivity index (χ1) is 8.76. The largest absolute Gasteiger partial charge is 0.444 e. The Balaban J connectivity index is 2.12. The molecule has 0 aromatic carbocycles. The van der Waals surface area contributed by atoms with Gasteiger partial charge >= 0.3 is 6.09 Å². The molecule has 2 heterocycles. The monoisotopic (exact) mass is 302 g/mol. The molecule has 0 N–H and O–H groups in total. The summed E-state index contributed by atoms with van der Waals surface area (Å²) in [7, 11) is 0. The van der Waals surface area contributed by atoms with Crippen LogP contribution < -0.4 is 0 Å². The molecule has 1 amide bonds. The van der Waals surface area contributed by atoms with Gasteiger partial charge in [0.2, 0.25) is 0 Å². The summed E-state index contributed by atoms with van der Waals surface area (Å²) in [6, 6.07) is 3.43. The number of rotatable bonds is 1. The quantitative estimate of drug-likeness (QED) is 0.734. The van der Waals surface area contributed by atoms with E-state index < -0.39 is 5.60 Å². The summed E-state index contributed by atoms with van der Waals surface area (Å²) < 4.78 is 5.36. The van der Waals surface area contributed by atoms with Crippen molar-refractivity contribution >= 4 is 29.3 Å². The summed E-state index contributed by atoms with van der Waals surface area (Å²) in [4.78, 5) is 17.6. The zero-order valence-electron chi connectivity index (χ0n) is 11.1. The van der Waals surface area contributed by atoms with Gasteiger partial charge in [-0.2, -0.15) is 0 Å². The molecule has 4 nitrogen and oxygen atoms in total. The van der Waals surface area contributed by atoms with Crippen molar-refractivity contribution in [2.75, 3.05) is 6.54 Å². The molecule has 0 aliphatic carbocycles. The summed E-state index contributed by atoms with van der Waals surface area (Å²) >= 11 is 11.8. The number of hydrogen-bond donors (Lipinski definition) is 0. The summed E-state index contributed by atoms with van der Waals surface area (Å²) in [5.74, 6) is 0. The van der Waals surface area contributed by atoms with E-state index in [-0.39, 0.29) is 12.1 Å². The van der Waals surface area contributed by atoms with Crippen LogP contribution in [0.25, 0.3) is 0 Å². The highest BCUT2D eigenvalue weighted by molar-refractivity contribution is 6.32. The lowest BCUT2D eigenvalue weighted by molar-refractivity contribution is -0.00575. The number of likely N-dealkylation sites (tertiary alicyclic amines) is 1. The molecule has 1 saturated heterocycles. The predicted molar refractivity (Wildman–Crippen MR) is 74.6 cm³/mol. The third-order valence-electron chi connectivity index (χ3n) is 2.82. The van der Waals surface area contributed by atoms with Crippen LogP contribution in [0.5, 0.6) is 0 Å². The van der Waals surface area contributed by atoms with E-state index in [4.69, 9.17) is 27.9 Å². The van der Waals surface area contributed by atoms with Crippen LogP contribution in [0, 0.1) is 0 Å². The van der Waals surface area contributed by atoms with Crippen LogP contribution in [0.1, 0.15) is 38.8 Å². The third kappa shape index (κ3) is 3.51. The number of nitrogens with zero attached hydrogens (tertiary/aromatic N) is 2. The minimum Gasteiger partial charge on any atom is -0.444 e. The Morgan fingerprint density at radius 3 is 2.37 bits per heavy atom. The zero-order valence-corrected chi connectivity index (χ0v) is 12.6. The Kier molecular flexibility index (Phi) is 3.92. The average Bonchev–Trinajstić information content (AvgIpc) is 2.09. The Morgan fingerprint density at radius 1 is 1.37 bits per heavy atom. The molecular formula is C13H16Cl2N2O2. The lowest BCUT2D eigenvalue weighted by Gasteiger charge is -2.41.